The Morgan fingerprint density at radius 2 is 2.15 bits per heavy atom. The number of amides is 2. The lowest BCUT2D eigenvalue weighted by molar-refractivity contribution is -0.139. The molecule has 0 bridgehead atoms. The van der Waals surface area contributed by atoms with Crippen LogP contribution in [0.1, 0.15) is 44.2 Å². The van der Waals surface area contributed by atoms with E-state index in [9.17, 15) is 9.59 Å². The van der Waals surface area contributed by atoms with Gasteiger partial charge >= 0.3 is 12.0 Å². The average molecular weight is 375 g/mol. The summed E-state index contributed by atoms with van der Waals surface area (Å²) >= 11 is 0. The number of benzene rings is 1. The SMILES string of the molecule is CCN(CC(=O)O)C1CC(NC(=O)N2CCCC2c2cccc(OC)c2)C1. The molecule has 2 aliphatic rings. The molecule has 3 rings (SSSR count). The van der Waals surface area contributed by atoms with Gasteiger partial charge in [0, 0.05) is 18.6 Å². The van der Waals surface area contributed by atoms with Crippen molar-refractivity contribution in [3.8, 4) is 5.75 Å². The highest BCUT2D eigenvalue weighted by molar-refractivity contribution is 5.75. The molecule has 7 nitrogen and oxygen atoms in total. The minimum atomic E-state index is -0.803. The summed E-state index contributed by atoms with van der Waals surface area (Å²) in [6.45, 7) is 3.50. The fraction of sp³-hybridized carbons (Fsp3) is 0.600. The van der Waals surface area contributed by atoms with Crippen molar-refractivity contribution in [3.63, 3.8) is 0 Å². The normalized spacial score (nSPS) is 24.6. The smallest absolute Gasteiger partial charge is 0.318 e. The molecule has 0 spiro atoms. The van der Waals surface area contributed by atoms with Gasteiger partial charge in [0.25, 0.3) is 0 Å². The first-order chi connectivity index (χ1) is 13.0. The van der Waals surface area contributed by atoms with Gasteiger partial charge in [-0.05, 0) is 49.9 Å². The monoisotopic (exact) mass is 375 g/mol. The predicted octanol–water partition coefficient (Wildman–Crippen LogP) is 2.48. The Morgan fingerprint density at radius 3 is 2.81 bits per heavy atom. The van der Waals surface area contributed by atoms with E-state index in [-0.39, 0.29) is 30.7 Å². The zero-order chi connectivity index (χ0) is 19.4. The molecule has 7 heteroatoms. The van der Waals surface area contributed by atoms with Crippen molar-refractivity contribution in [2.75, 3.05) is 26.7 Å². The summed E-state index contributed by atoms with van der Waals surface area (Å²) in [6, 6.07) is 8.33. The lowest BCUT2D eigenvalue weighted by Gasteiger charge is -2.43. The van der Waals surface area contributed by atoms with Crippen molar-refractivity contribution in [2.45, 2.75) is 50.7 Å². The first-order valence-corrected chi connectivity index (χ1v) is 9.68. The molecule has 2 amide bonds. The lowest BCUT2D eigenvalue weighted by atomic mass is 9.85. The Bertz CT molecular complexity index is 675. The summed E-state index contributed by atoms with van der Waals surface area (Å²) in [5.74, 6) is 0.00205. The van der Waals surface area contributed by atoms with Gasteiger partial charge in [0.05, 0.1) is 19.7 Å². The van der Waals surface area contributed by atoms with E-state index in [0.717, 1.165) is 43.5 Å². The average Bonchev–Trinajstić information content (AvgIpc) is 3.12. The van der Waals surface area contributed by atoms with Gasteiger partial charge in [-0.1, -0.05) is 19.1 Å². The number of methoxy groups -OCH3 is 1. The van der Waals surface area contributed by atoms with Crippen molar-refractivity contribution in [1.29, 1.82) is 0 Å². The van der Waals surface area contributed by atoms with E-state index in [4.69, 9.17) is 9.84 Å². The Hall–Kier alpha value is -2.28. The fourth-order valence-electron chi connectivity index (χ4n) is 4.14. The zero-order valence-electron chi connectivity index (χ0n) is 16.1. The highest BCUT2D eigenvalue weighted by Crippen LogP contribution is 2.34. The lowest BCUT2D eigenvalue weighted by Crippen LogP contribution is -2.56. The molecule has 2 N–H and O–H groups in total. The van der Waals surface area contributed by atoms with Gasteiger partial charge < -0.3 is 20.1 Å². The van der Waals surface area contributed by atoms with Gasteiger partial charge in [0.2, 0.25) is 0 Å². The number of carboxylic acids is 1. The zero-order valence-corrected chi connectivity index (χ0v) is 16.1. The maximum atomic E-state index is 12.8. The molecule has 1 aliphatic heterocycles. The number of urea groups is 1. The Kier molecular flexibility index (Phi) is 6.21. The first kappa shape index (κ1) is 19.5. The first-order valence-electron chi connectivity index (χ1n) is 9.68. The molecule has 0 radical (unpaired) electrons. The minimum Gasteiger partial charge on any atom is -0.497 e. The molecule has 1 aromatic rings. The number of likely N-dealkylation sites (tertiary alicyclic amines) is 1. The maximum absolute atomic E-state index is 12.8. The fourth-order valence-corrected chi connectivity index (χ4v) is 4.14. The van der Waals surface area contributed by atoms with Gasteiger partial charge in [-0.25, -0.2) is 4.79 Å². The quantitative estimate of drug-likeness (QED) is 0.765. The number of rotatable bonds is 7. The van der Waals surface area contributed by atoms with Crippen LogP contribution in [-0.2, 0) is 4.79 Å². The highest BCUT2D eigenvalue weighted by Gasteiger charge is 2.37. The molecule has 1 unspecified atom stereocenters. The number of likely N-dealkylation sites (N-methyl/N-ethyl adjacent to an activating group) is 1. The number of carboxylic acid groups (broad SMARTS) is 1. The standard InChI is InChI=1S/C20H29N3O4/c1-3-22(13-19(24)25)16-11-15(12-16)21-20(26)23-9-5-8-18(23)14-6-4-7-17(10-14)27-2/h4,6-7,10,15-16,18H,3,5,8-9,11-13H2,1-2H3,(H,21,26)(H,24,25). The number of carbonyl (C=O) groups excluding carboxylic acids is 1. The molecule has 2 fully saturated rings. The number of hydrogen-bond acceptors (Lipinski definition) is 4. The van der Waals surface area contributed by atoms with Crippen LogP contribution in [0.5, 0.6) is 5.75 Å². The van der Waals surface area contributed by atoms with Gasteiger partial charge in [-0.3, -0.25) is 9.69 Å². The second-order valence-electron chi connectivity index (χ2n) is 7.36. The van der Waals surface area contributed by atoms with Crippen LogP contribution in [0.4, 0.5) is 4.79 Å². The third kappa shape index (κ3) is 4.53. The molecule has 27 heavy (non-hydrogen) atoms. The Labute approximate surface area is 160 Å². The van der Waals surface area contributed by atoms with Crippen LogP contribution in [0.25, 0.3) is 0 Å². The van der Waals surface area contributed by atoms with Crippen LogP contribution in [0.15, 0.2) is 24.3 Å². The van der Waals surface area contributed by atoms with Crippen LogP contribution in [0, 0.1) is 0 Å². The van der Waals surface area contributed by atoms with Gasteiger partial charge in [-0.2, -0.15) is 0 Å². The van der Waals surface area contributed by atoms with Crippen molar-refractivity contribution >= 4 is 12.0 Å². The van der Waals surface area contributed by atoms with E-state index in [0.29, 0.717) is 6.54 Å². The third-order valence-electron chi connectivity index (χ3n) is 5.69. The summed E-state index contributed by atoms with van der Waals surface area (Å²) in [5.41, 5.74) is 1.10. The molecule has 1 atom stereocenters. The Balaban J connectivity index is 1.54. The van der Waals surface area contributed by atoms with Crippen molar-refractivity contribution in [2.24, 2.45) is 0 Å². The van der Waals surface area contributed by atoms with Gasteiger partial charge in [-0.15, -0.1) is 0 Å². The highest BCUT2D eigenvalue weighted by atomic mass is 16.5. The van der Waals surface area contributed by atoms with Crippen molar-refractivity contribution < 1.29 is 19.4 Å². The van der Waals surface area contributed by atoms with E-state index in [1.807, 2.05) is 41.0 Å². The predicted molar refractivity (Wildman–Crippen MR) is 102 cm³/mol. The molecular formula is C20H29N3O4. The van der Waals surface area contributed by atoms with Crippen LogP contribution < -0.4 is 10.1 Å². The number of nitrogens with one attached hydrogen (secondary N) is 1. The molecule has 0 aromatic heterocycles. The van der Waals surface area contributed by atoms with Crippen LogP contribution in [0.3, 0.4) is 0 Å². The van der Waals surface area contributed by atoms with E-state index in [1.165, 1.54) is 0 Å². The Morgan fingerprint density at radius 1 is 1.37 bits per heavy atom. The van der Waals surface area contributed by atoms with Crippen LogP contribution in [-0.4, -0.2) is 65.7 Å². The minimum absolute atomic E-state index is 0.0231. The van der Waals surface area contributed by atoms with Crippen molar-refractivity contribution in [3.05, 3.63) is 29.8 Å². The van der Waals surface area contributed by atoms with E-state index in [1.54, 1.807) is 7.11 Å². The molecule has 1 aliphatic carbocycles. The van der Waals surface area contributed by atoms with Gasteiger partial charge in [0.15, 0.2) is 0 Å². The number of ether oxygens (including phenoxy) is 1. The molecule has 148 valence electrons. The van der Waals surface area contributed by atoms with E-state index < -0.39 is 5.97 Å². The maximum Gasteiger partial charge on any atom is 0.318 e. The number of carbonyl (C=O) groups is 2. The number of aliphatic carboxylic acids is 1. The second-order valence-corrected chi connectivity index (χ2v) is 7.36. The largest absolute Gasteiger partial charge is 0.497 e. The summed E-state index contributed by atoms with van der Waals surface area (Å²) in [6.07, 6.45) is 3.57. The van der Waals surface area contributed by atoms with Crippen molar-refractivity contribution in [1.82, 2.24) is 15.1 Å². The van der Waals surface area contributed by atoms with E-state index >= 15 is 0 Å². The summed E-state index contributed by atoms with van der Waals surface area (Å²) in [7, 11) is 1.65. The second kappa shape index (κ2) is 8.61. The van der Waals surface area contributed by atoms with Crippen LogP contribution >= 0.6 is 0 Å². The van der Waals surface area contributed by atoms with E-state index in [2.05, 4.69) is 5.32 Å². The summed E-state index contributed by atoms with van der Waals surface area (Å²) in [4.78, 5) is 27.6. The third-order valence-corrected chi connectivity index (χ3v) is 5.69. The summed E-state index contributed by atoms with van der Waals surface area (Å²) in [5, 5.41) is 12.1. The molecular weight excluding hydrogens is 346 g/mol. The topological polar surface area (TPSA) is 82.1 Å². The van der Waals surface area contributed by atoms with Gasteiger partial charge in [0.1, 0.15) is 5.75 Å². The molecule has 1 aromatic carbocycles. The molecule has 1 saturated heterocycles. The summed E-state index contributed by atoms with van der Waals surface area (Å²) < 4.78 is 5.31. The molecule has 1 heterocycles. The number of hydrogen-bond donors (Lipinski definition) is 2. The number of nitrogens with zero attached hydrogens (tertiary/aromatic N) is 2. The van der Waals surface area contributed by atoms with Crippen LogP contribution in [0.2, 0.25) is 0 Å². The molecule has 1 saturated carbocycles.